The van der Waals surface area contributed by atoms with Crippen LogP contribution < -0.4 is 10.1 Å². The van der Waals surface area contributed by atoms with Crippen molar-refractivity contribution < 1.29 is 4.74 Å². The molecule has 0 fully saturated rings. The summed E-state index contributed by atoms with van der Waals surface area (Å²) in [6, 6.07) is 8.36. The third-order valence-corrected chi connectivity index (χ3v) is 2.17. The van der Waals surface area contributed by atoms with Crippen molar-refractivity contribution in [3.8, 4) is 5.75 Å². The Labute approximate surface area is 92.6 Å². The van der Waals surface area contributed by atoms with Crippen LogP contribution in [0.25, 0.3) is 0 Å². The number of rotatable bonds is 6. The van der Waals surface area contributed by atoms with Gasteiger partial charge in [-0.1, -0.05) is 26.0 Å². The van der Waals surface area contributed by atoms with Gasteiger partial charge in [0, 0.05) is 0 Å². The normalized spacial score (nSPS) is 10.7. The lowest BCUT2D eigenvalue weighted by Gasteiger charge is -2.09. The molecule has 0 heterocycles. The minimum absolute atomic E-state index is 0.578. The summed E-state index contributed by atoms with van der Waals surface area (Å²) in [4.78, 5) is 0. The molecule has 0 amide bonds. The minimum atomic E-state index is 0.578. The van der Waals surface area contributed by atoms with Gasteiger partial charge in [0.1, 0.15) is 5.75 Å². The Kier molecular flexibility index (Phi) is 5.19. The zero-order chi connectivity index (χ0) is 11.1. The molecule has 0 radical (unpaired) electrons. The third kappa shape index (κ3) is 4.84. The van der Waals surface area contributed by atoms with Crippen molar-refractivity contribution in [3.05, 3.63) is 29.8 Å². The van der Waals surface area contributed by atoms with Crippen LogP contribution in [0, 0.1) is 5.92 Å². The first kappa shape index (κ1) is 12.1. The average Bonchev–Trinajstić information content (AvgIpc) is 2.25. The first-order chi connectivity index (χ1) is 7.22. The molecule has 0 saturated carbocycles. The number of nitrogens with one attached hydrogen (secondary N) is 1. The van der Waals surface area contributed by atoms with E-state index in [-0.39, 0.29) is 0 Å². The van der Waals surface area contributed by atoms with Crippen molar-refractivity contribution in [1.29, 1.82) is 0 Å². The predicted molar refractivity (Wildman–Crippen MR) is 64.4 cm³/mol. The maximum Gasteiger partial charge on any atom is 0.119 e. The van der Waals surface area contributed by atoms with Crippen molar-refractivity contribution in [3.63, 3.8) is 0 Å². The molecule has 1 rings (SSSR count). The highest BCUT2D eigenvalue weighted by molar-refractivity contribution is 5.27. The van der Waals surface area contributed by atoms with E-state index in [9.17, 15) is 0 Å². The van der Waals surface area contributed by atoms with Crippen LogP contribution in [-0.2, 0) is 6.42 Å². The van der Waals surface area contributed by atoms with Crippen LogP contribution in [0.5, 0.6) is 5.75 Å². The maximum absolute atomic E-state index is 5.61. The summed E-state index contributed by atoms with van der Waals surface area (Å²) in [5.41, 5.74) is 1.35. The molecule has 1 aromatic rings. The fourth-order valence-corrected chi connectivity index (χ4v) is 1.28. The Hall–Kier alpha value is -1.02. The lowest BCUT2D eigenvalue weighted by atomic mass is 10.1. The van der Waals surface area contributed by atoms with Crippen molar-refractivity contribution in [1.82, 2.24) is 5.32 Å². The topological polar surface area (TPSA) is 21.3 Å². The molecule has 2 heteroatoms. The Morgan fingerprint density at radius 2 is 1.87 bits per heavy atom. The SMILES string of the molecule is CNCCc1ccc(OCC(C)C)cc1. The molecular formula is C13H21NO. The molecule has 0 aliphatic rings. The first-order valence-electron chi connectivity index (χ1n) is 5.58. The van der Waals surface area contributed by atoms with Gasteiger partial charge in [0.25, 0.3) is 0 Å². The fraction of sp³-hybridized carbons (Fsp3) is 0.538. The molecule has 15 heavy (non-hydrogen) atoms. The van der Waals surface area contributed by atoms with Crippen LogP contribution in [0.4, 0.5) is 0 Å². The monoisotopic (exact) mass is 207 g/mol. The van der Waals surface area contributed by atoms with E-state index in [0.717, 1.165) is 25.3 Å². The van der Waals surface area contributed by atoms with Gasteiger partial charge in [-0.3, -0.25) is 0 Å². The van der Waals surface area contributed by atoms with Gasteiger partial charge in [0.2, 0.25) is 0 Å². The van der Waals surface area contributed by atoms with Crippen molar-refractivity contribution >= 4 is 0 Å². The number of benzene rings is 1. The Morgan fingerprint density at radius 1 is 1.20 bits per heavy atom. The molecular weight excluding hydrogens is 186 g/mol. The second kappa shape index (κ2) is 6.46. The van der Waals surface area contributed by atoms with Crippen LogP contribution in [0.1, 0.15) is 19.4 Å². The van der Waals surface area contributed by atoms with Crippen LogP contribution in [0.3, 0.4) is 0 Å². The van der Waals surface area contributed by atoms with E-state index in [1.165, 1.54) is 5.56 Å². The molecule has 84 valence electrons. The van der Waals surface area contributed by atoms with Crippen LogP contribution in [-0.4, -0.2) is 20.2 Å². The van der Waals surface area contributed by atoms with Gasteiger partial charge in [-0.2, -0.15) is 0 Å². The van der Waals surface area contributed by atoms with E-state index in [1.807, 2.05) is 19.2 Å². The molecule has 0 spiro atoms. The highest BCUT2D eigenvalue weighted by atomic mass is 16.5. The second-order valence-electron chi connectivity index (χ2n) is 4.20. The molecule has 0 aliphatic heterocycles. The molecule has 0 unspecified atom stereocenters. The van der Waals surface area contributed by atoms with E-state index in [1.54, 1.807) is 0 Å². The molecule has 1 N–H and O–H groups in total. The molecule has 0 saturated heterocycles. The van der Waals surface area contributed by atoms with Crippen LogP contribution in [0.15, 0.2) is 24.3 Å². The minimum Gasteiger partial charge on any atom is -0.493 e. The number of hydrogen-bond acceptors (Lipinski definition) is 2. The van der Waals surface area contributed by atoms with E-state index in [2.05, 4.69) is 31.3 Å². The summed E-state index contributed by atoms with van der Waals surface area (Å²) < 4.78 is 5.61. The number of likely N-dealkylation sites (N-methyl/N-ethyl adjacent to an activating group) is 1. The Balaban J connectivity index is 2.41. The molecule has 0 aliphatic carbocycles. The largest absolute Gasteiger partial charge is 0.493 e. The van der Waals surface area contributed by atoms with Crippen LogP contribution >= 0.6 is 0 Å². The lowest BCUT2D eigenvalue weighted by molar-refractivity contribution is 0.271. The zero-order valence-electron chi connectivity index (χ0n) is 9.92. The second-order valence-corrected chi connectivity index (χ2v) is 4.20. The van der Waals surface area contributed by atoms with Crippen molar-refractivity contribution in [2.45, 2.75) is 20.3 Å². The maximum atomic E-state index is 5.61. The molecule has 2 nitrogen and oxygen atoms in total. The van der Waals surface area contributed by atoms with Crippen molar-refractivity contribution in [2.75, 3.05) is 20.2 Å². The molecule has 0 aromatic heterocycles. The summed E-state index contributed by atoms with van der Waals surface area (Å²) in [7, 11) is 1.97. The fourth-order valence-electron chi connectivity index (χ4n) is 1.28. The summed E-state index contributed by atoms with van der Waals surface area (Å²) in [6.07, 6.45) is 1.07. The highest BCUT2D eigenvalue weighted by Gasteiger charge is 1.97. The number of hydrogen-bond donors (Lipinski definition) is 1. The van der Waals surface area contributed by atoms with E-state index in [4.69, 9.17) is 4.74 Å². The highest BCUT2D eigenvalue weighted by Crippen LogP contribution is 2.13. The summed E-state index contributed by atoms with van der Waals surface area (Å²) in [5.74, 6) is 1.55. The van der Waals surface area contributed by atoms with Gasteiger partial charge < -0.3 is 10.1 Å². The van der Waals surface area contributed by atoms with Gasteiger partial charge in [0.15, 0.2) is 0 Å². The van der Waals surface area contributed by atoms with Gasteiger partial charge >= 0.3 is 0 Å². The Morgan fingerprint density at radius 3 is 2.40 bits per heavy atom. The summed E-state index contributed by atoms with van der Waals surface area (Å²) >= 11 is 0. The van der Waals surface area contributed by atoms with Gasteiger partial charge in [0.05, 0.1) is 6.61 Å². The van der Waals surface area contributed by atoms with Crippen LogP contribution in [0.2, 0.25) is 0 Å². The zero-order valence-corrected chi connectivity index (χ0v) is 9.92. The predicted octanol–water partition coefficient (Wildman–Crippen LogP) is 2.48. The average molecular weight is 207 g/mol. The standard InChI is InChI=1S/C13H21NO/c1-11(2)10-15-13-6-4-12(5-7-13)8-9-14-3/h4-7,11,14H,8-10H2,1-3H3. The van der Waals surface area contributed by atoms with Crippen molar-refractivity contribution in [2.24, 2.45) is 5.92 Å². The molecule has 1 aromatic carbocycles. The lowest BCUT2D eigenvalue weighted by Crippen LogP contribution is -2.10. The quantitative estimate of drug-likeness (QED) is 0.773. The summed E-state index contributed by atoms with van der Waals surface area (Å²) in [6.45, 7) is 6.12. The van der Waals surface area contributed by atoms with E-state index in [0.29, 0.717) is 5.92 Å². The van der Waals surface area contributed by atoms with Gasteiger partial charge in [-0.15, -0.1) is 0 Å². The number of ether oxygens (including phenoxy) is 1. The first-order valence-corrected chi connectivity index (χ1v) is 5.58. The summed E-state index contributed by atoms with van der Waals surface area (Å²) in [5, 5.41) is 3.14. The van der Waals surface area contributed by atoms with E-state index >= 15 is 0 Å². The van der Waals surface area contributed by atoms with Gasteiger partial charge in [-0.25, -0.2) is 0 Å². The Bertz CT molecular complexity index is 266. The molecule has 0 atom stereocenters. The smallest absolute Gasteiger partial charge is 0.119 e. The van der Waals surface area contributed by atoms with E-state index < -0.39 is 0 Å². The molecule has 0 bridgehead atoms. The van der Waals surface area contributed by atoms with Gasteiger partial charge in [-0.05, 0) is 43.6 Å². The third-order valence-electron chi connectivity index (χ3n) is 2.17.